The summed E-state index contributed by atoms with van der Waals surface area (Å²) >= 11 is 0. The van der Waals surface area contributed by atoms with Crippen LogP contribution < -0.4 is 20.7 Å². The van der Waals surface area contributed by atoms with Crippen molar-refractivity contribution in [1.82, 2.24) is 20.9 Å². The van der Waals surface area contributed by atoms with Gasteiger partial charge in [0, 0.05) is 19.5 Å². The highest BCUT2D eigenvalue weighted by atomic mass is 16.5. The maximum absolute atomic E-state index is 14.0. The number of methoxy groups -OCH3 is 1. The van der Waals surface area contributed by atoms with E-state index < -0.39 is 41.6 Å². The number of benzene rings is 1. The van der Waals surface area contributed by atoms with Gasteiger partial charge >= 0.3 is 0 Å². The quantitative estimate of drug-likeness (QED) is 0.207. The molecule has 7 atom stereocenters. The summed E-state index contributed by atoms with van der Waals surface area (Å²) in [5, 5.41) is 30.8. The average molecular weight is 645 g/mol. The first-order chi connectivity index (χ1) is 21.9. The third kappa shape index (κ3) is 10.4. The Bertz CT molecular complexity index is 1130. The number of carbonyl (C=O) groups excluding carboxylic acids is 3. The largest absolute Gasteiger partial charge is 0.497 e. The van der Waals surface area contributed by atoms with Crippen molar-refractivity contribution in [2.24, 2.45) is 17.8 Å². The summed E-state index contributed by atoms with van der Waals surface area (Å²) < 4.78 is 10.6. The fraction of sp³-hybridized carbons (Fsp3) is 0.743. The lowest BCUT2D eigenvalue weighted by atomic mass is 9.63. The Hall–Kier alpha value is -2.73. The van der Waals surface area contributed by atoms with Gasteiger partial charge in [0.2, 0.25) is 17.7 Å². The third-order valence-electron chi connectivity index (χ3n) is 10.2. The molecule has 3 fully saturated rings. The Labute approximate surface area is 274 Å². The molecule has 258 valence electrons. The number of nitrogens with zero attached hydrogens (tertiary/aromatic N) is 1. The van der Waals surface area contributed by atoms with Gasteiger partial charge < -0.3 is 35.6 Å². The predicted octanol–water partition coefficient (Wildman–Crippen LogP) is 2.17. The second-order valence-electron chi connectivity index (χ2n) is 14.1. The Morgan fingerprint density at radius 3 is 2.33 bits per heavy atom. The number of amides is 3. The standard InChI is InChI=1S/C35H56N4O7/c1-23(36-31(40)22-39-16-18-46-19-17-39)33(42)38-30(20-24-12-14-27(45-4)15-13-24)34(43)37-29(32(41)35(2,3)44)21-26-10-7-9-25-8-5-6-11-28(25)26/h12-15,23,25-26,28-30,32,41,44H,5-11,16-22H2,1-4H3,(H,36,40)(H,37,43)(H,38,42)/t23-,25-,26-,28+,29-,30-,32+/m0/s1. The van der Waals surface area contributed by atoms with Crippen molar-refractivity contribution in [3.8, 4) is 5.75 Å². The number of hydrogen-bond acceptors (Lipinski definition) is 8. The van der Waals surface area contributed by atoms with E-state index in [0.29, 0.717) is 56.2 Å². The molecule has 1 heterocycles. The van der Waals surface area contributed by atoms with E-state index in [2.05, 4.69) is 16.0 Å². The molecule has 0 aromatic heterocycles. The van der Waals surface area contributed by atoms with Crippen molar-refractivity contribution >= 4 is 17.7 Å². The maximum atomic E-state index is 14.0. The summed E-state index contributed by atoms with van der Waals surface area (Å²) in [5.74, 6) is 1.06. The molecule has 1 aromatic carbocycles. The first-order valence-electron chi connectivity index (χ1n) is 17.2. The SMILES string of the molecule is COc1ccc(C[C@H](NC(=O)[C@H](C)NC(=O)CN2CCOCC2)C(=O)N[C@@H](C[C@@H]2CCC[C@@H]3CCCC[C@H]32)[C@@H](O)C(C)(C)O)cc1. The highest BCUT2D eigenvalue weighted by Gasteiger charge is 2.41. The van der Waals surface area contributed by atoms with Crippen LogP contribution in [0.2, 0.25) is 0 Å². The molecule has 11 nitrogen and oxygen atoms in total. The number of carbonyl (C=O) groups is 3. The second kappa shape index (κ2) is 16.9. The number of nitrogens with one attached hydrogen (secondary N) is 3. The summed E-state index contributed by atoms with van der Waals surface area (Å²) in [6, 6.07) is 4.73. The zero-order valence-corrected chi connectivity index (χ0v) is 28.1. The van der Waals surface area contributed by atoms with Crippen molar-refractivity contribution in [2.45, 2.75) is 108 Å². The lowest BCUT2D eigenvalue weighted by Gasteiger charge is -2.44. The van der Waals surface area contributed by atoms with Crippen LogP contribution in [0.4, 0.5) is 0 Å². The molecule has 11 heteroatoms. The fourth-order valence-corrected chi connectivity index (χ4v) is 7.55. The van der Waals surface area contributed by atoms with E-state index in [1.807, 2.05) is 17.0 Å². The molecule has 0 spiro atoms. The Balaban J connectivity index is 1.48. The van der Waals surface area contributed by atoms with Crippen LogP contribution in [0.25, 0.3) is 0 Å². The highest BCUT2D eigenvalue weighted by molar-refractivity contribution is 5.92. The number of aliphatic hydroxyl groups is 2. The van der Waals surface area contributed by atoms with Crippen LogP contribution in [0.1, 0.15) is 77.7 Å². The lowest BCUT2D eigenvalue weighted by Crippen LogP contribution is -2.59. The van der Waals surface area contributed by atoms with Crippen molar-refractivity contribution in [3.63, 3.8) is 0 Å². The summed E-state index contributed by atoms with van der Waals surface area (Å²) in [5.41, 5.74) is -0.630. The van der Waals surface area contributed by atoms with E-state index >= 15 is 0 Å². The summed E-state index contributed by atoms with van der Waals surface area (Å²) in [4.78, 5) is 42.1. The van der Waals surface area contributed by atoms with Crippen molar-refractivity contribution in [2.75, 3.05) is 40.0 Å². The number of fused-ring (bicyclic) bond motifs is 1. The molecule has 0 unspecified atom stereocenters. The molecular weight excluding hydrogens is 588 g/mol. The normalized spacial score (nSPS) is 24.9. The number of ether oxygens (including phenoxy) is 2. The molecule has 2 aliphatic carbocycles. The Morgan fingerprint density at radius 1 is 0.978 bits per heavy atom. The smallest absolute Gasteiger partial charge is 0.243 e. The van der Waals surface area contributed by atoms with Crippen molar-refractivity contribution in [3.05, 3.63) is 29.8 Å². The van der Waals surface area contributed by atoms with Gasteiger partial charge in [-0.15, -0.1) is 0 Å². The van der Waals surface area contributed by atoms with Gasteiger partial charge in [0.05, 0.1) is 38.5 Å². The summed E-state index contributed by atoms with van der Waals surface area (Å²) in [6.45, 7) is 7.30. The van der Waals surface area contributed by atoms with Crippen LogP contribution in [-0.2, 0) is 25.5 Å². The van der Waals surface area contributed by atoms with Gasteiger partial charge in [0.1, 0.15) is 23.9 Å². The van der Waals surface area contributed by atoms with E-state index in [0.717, 1.165) is 18.4 Å². The van der Waals surface area contributed by atoms with Gasteiger partial charge in [-0.25, -0.2) is 0 Å². The number of hydrogen-bond donors (Lipinski definition) is 5. The van der Waals surface area contributed by atoms with Crippen LogP contribution in [0.15, 0.2) is 24.3 Å². The number of rotatable bonds is 14. The molecule has 1 saturated heterocycles. The van der Waals surface area contributed by atoms with E-state index in [1.54, 1.807) is 40.0 Å². The Morgan fingerprint density at radius 2 is 1.65 bits per heavy atom. The predicted molar refractivity (Wildman–Crippen MR) is 175 cm³/mol. The second-order valence-corrected chi connectivity index (χ2v) is 14.1. The van der Waals surface area contributed by atoms with Gasteiger partial charge in [-0.2, -0.15) is 0 Å². The number of morpholine rings is 1. The zero-order chi connectivity index (χ0) is 33.3. The van der Waals surface area contributed by atoms with E-state index in [1.165, 1.54) is 32.1 Å². The molecule has 3 aliphatic rings. The maximum Gasteiger partial charge on any atom is 0.243 e. The molecule has 1 aliphatic heterocycles. The zero-order valence-electron chi connectivity index (χ0n) is 28.1. The molecule has 2 saturated carbocycles. The fourth-order valence-electron chi connectivity index (χ4n) is 7.55. The molecule has 0 radical (unpaired) electrons. The monoisotopic (exact) mass is 644 g/mol. The van der Waals surface area contributed by atoms with Gasteiger partial charge in [0.15, 0.2) is 0 Å². The lowest BCUT2D eigenvalue weighted by molar-refractivity contribution is -0.133. The topological polar surface area (TPSA) is 149 Å². The molecular formula is C35H56N4O7. The number of aliphatic hydroxyl groups excluding tert-OH is 1. The van der Waals surface area contributed by atoms with Gasteiger partial charge in [0.25, 0.3) is 0 Å². The van der Waals surface area contributed by atoms with E-state index in [9.17, 15) is 24.6 Å². The molecule has 3 amide bonds. The molecule has 46 heavy (non-hydrogen) atoms. The molecule has 0 bridgehead atoms. The van der Waals surface area contributed by atoms with Gasteiger partial charge in [-0.05, 0) is 69.1 Å². The van der Waals surface area contributed by atoms with Crippen LogP contribution in [-0.4, -0.2) is 103 Å². The van der Waals surface area contributed by atoms with Crippen LogP contribution in [0, 0.1) is 17.8 Å². The highest BCUT2D eigenvalue weighted by Crippen LogP contribution is 2.45. The van der Waals surface area contributed by atoms with Gasteiger partial charge in [-0.1, -0.05) is 50.7 Å². The molecule has 1 aromatic rings. The summed E-state index contributed by atoms with van der Waals surface area (Å²) in [7, 11) is 1.58. The van der Waals surface area contributed by atoms with Crippen LogP contribution >= 0.6 is 0 Å². The van der Waals surface area contributed by atoms with Crippen molar-refractivity contribution in [1.29, 1.82) is 0 Å². The van der Waals surface area contributed by atoms with E-state index in [-0.39, 0.29) is 18.9 Å². The first kappa shape index (κ1) is 36.1. The van der Waals surface area contributed by atoms with Gasteiger partial charge in [-0.3, -0.25) is 19.3 Å². The van der Waals surface area contributed by atoms with Crippen molar-refractivity contribution < 1.29 is 34.1 Å². The minimum absolute atomic E-state index is 0.163. The van der Waals surface area contributed by atoms with Crippen LogP contribution in [0.3, 0.4) is 0 Å². The first-order valence-corrected chi connectivity index (χ1v) is 17.2. The minimum atomic E-state index is -1.44. The Kier molecular flexibility index (Phi) is 13.3. The minimum Gasteiger partial charge on any atom is -0.497 e. The molecule has 4 rings (SSSR count). The van der Waals surface area contributed by atoms with E-state index in [4.69, 9.17) is 9.47 Å². The third-order valence-corrected chi connectivity index (χ3v) is 10.2. The molecule has 5 N–H and O–H groups in total. The summed E-state index contributed by atoms with van der Waals surface area (Å²) in [6.07, 6.45) is 7.85. The average Bonchev–Trinajstić information content (AvgIpc) is 3.04. The van der Waals surface area contributed by atoms with Crippen LogP contribution in [0.5, 0.6) is 5.75 Å².